The summed E-state index contributed by atoms with van der Waals surface area (Å²) >= 11 is 6.64. The quantitative estimate of drug-likeness (QED) is 0.534. The number of thioether (sulfide) groups is 1. The van der Waals surface area contributed by atoms with Gasteiger partial charge in [0, 0.05) is 5.75 Å². The number of rotatable bonds is 3. The number of thiocarbonyl (C=S) groups is 1. The number of benzene rings is 1. The van der Waals surface area contributed by atoms with Crippen molar-refractivity contribution in [1.82, 2.24) is 0 Å². The van der Waals surface area contributed by atoms with Crippen LogP contribution in [-0.4, -0.2) is 4.20 Å². The van der Waals surface area contributed by atoms with Crippen molar-refractivity contribution in [1.29, 1.82) is 0 Å². The van der Waals surface area contributed by atoms with Crippen molar-refractivity contribution in [2.24, 2.45) is 0 Å². The highest BCUT2D eigenvalue weighted by molar-refractivity contribution is 8.23. The lowest BCUT2D eigenvalue weighted by molar-refractivity contribution is 1.43. The minimum atomic E-state index is 0.860. The third-order valence-electron chi connectivity index (χ3n) is 1.39. The van der Waals surface area contributed by atoms with E-state index in [1.54, 1.807) is 17.8 Å². The molecule has 62 valence electrons. The minimum Gasteiger partial charge on any atom is -0.110 e. The Balaban J connectivity index is 2.43. The summed E-state index contributed by atoms with van der Waals surface area (Å²) in [7, 11) is 0. The highest BCUT2D eigenvalue weighted by atomic mass is 32.2. The van der Waals surface area contributed by atoms with E-state index in [1.165, 1.54) is 5.56 Å². The van der Waals surface area contributed by atoms with Crippen LogP contribution < -0.4 is 0 Å². The number of hydrogen-bond donors (Lipinski definition) is 0. The molecule has 12 heavy (non-hydrogen) atoms. The van der Waals surface area contributed by atoms with E-state index in [0.717, 1.165) is 9.95 Å². The van der Waals surface area contributed by atoms with Crippen LogP contribution in [0.15, 0.2) is 43.0 Å². The molecule has 0 spiro atoms. The molecule has 2 heteroatoms. The van der Waals surface area contributed by atoms with Gasteiger partial charge in [-0.3, -0.25) is 0 Å². The average Bonchev–Trinajstić information content (AvgIpc) is 2.16. The molecule has 0 nitrogen and oxygen atoms in total. The normalized spacial score (nSPS) is 9.33. The smallest absolute Gasteiger partial charge is 0.0703 e. The highest BCUT2D eigenvalue weighted by Crippen LogP contribution is 2.13. The molecule has 1 rings (SSSR count). The molecule has 0 saturated heterocycles. The zero-order valence-corrected chi connectivity index (χ0v) is 8.33. The van der Waals surface area contributed by atoms with Gasteiger partial charge in [-0.25, -0.2) is 0 Å². The summed E-state index contributed by atoms with van der Waals surface area (Å²) < 4.78 is 0.860. The van der Waals surface area contributed by atoms with Crippen molar-refractivity contribution in [3.8, 4) is 0 Å². The molecule has 0 atom stereocenters. The summed E-state index contributed by atoms with van der Waals surface area (Å²) in [5.41, 5.74) is 1.30. The highest BCUT2D eigenvalue weighted by Gasteiger charge is 1.93. The Hall–Kier alpha value is -0.600. The van der Waals surface area contributed by atoms with Gasteiger partial charge in [0.1, 0.15) is 0 Å². The lowest BCUT2D eigenvalue weighted by Crippen LogP contribution is -1.83. The Labute approximate surface area is 82.7 Å². The van der Waals surface area contributed by atoms with Crippen LogP contribution in [0.1, 0.15) is 5.56 Å². The SMILES string of the molecule is C=CC(=S)SCc1ccccc1. The van der Waals surface area contributed by atoms with E-state index >= 15 is 0 Å². The van der Waals surface area contributed by atoms with E-state index in [4.69, 9.17) is 12.2 Å². The Bertz CT molecular complexity index is 264. The standard InChI is InChI=1S/C10H10S2/c1-2-10(11)12-8-9-6-4-3-5-7-9/h2-7H,1,8H2. The second kappa shape index (κ2) is 5.12. The van der Waals surface area contributed by atoms with Crippen molar-refractivity contribution in [2.45, 2.75) is 5.75 Å². The predicted molar refractivity (Wildman–Crippen MR) is 60.5 cm³/mol. The first-order valence-corrected chi connectivity index (χ1v) is 5.05. The molecule has 0 bridgehead atoms. The maximum Gasteiger partial charge on any atom is 0.0703 e. The summed E-state index contributed by atoms with van der Waals surface area (Å²) in [5.74, 6) is 0.936. The Kier molecular flexibility index (Phi) is 4.05. The zero-order valence-electron chi connectivity index (χ0n) is 6.69. The first-order valence-electron chi connectivity index (χ1n) is 3.66. The van der Waals surface area contributed by atoms with Crippen LogP contribution in [-0.2, 0) is 5.75 Å². The third-order valence-corrected chi connectivity index (χ3v) is 2.84. The van der Waals surface area contributed by atoms with Gasteiger partial charge in [0.2, 0.25) is 0 Å². The maximum atomic E-state index is 5.00. The minimum absolute atomic E-state index is 0.860. The summed E-state index contributed by atoms with van der Waals surface area (Å²) in [4.78, 5) is 0. The van der Waals surface area contributed by atoms with Crippen molar-refractivity contribution in [2.75, 3.05) is 0 Å². The lowest BCUT2D eigenvalue weighted by Gasteiger charge is -1.98. The molecule has 0 aliphatic rings. The predicted octanol–water partition coefficient (Wildman–Crippen LogP) is 3.43. The first kappa shape index (κ1) is 9.49. The van der Waals surface area contributed by atoms with Crippen LogP contribution >= 0.6 is 24.0 Å². The Morgan fingerprint density at radius 2 is 2.08 bits per heavy atom. The van der Waals surface area contributed by atoms with E-state index < -0.39 is 0 Å². The molecule has 0 saturated carbocycles. The summed E-state index contributed by atoms with van der Waals surface area (Å²) in [6.45, 7) is 3.61. The molecule has 1 aromatic carbocycles. The van der Waals surface area contributed by atoms with E-state index in [2.05, 4.69) is 18.7 Å². The van der Waals surface area contributed by atoms with Gasteiger partial charge in [0.05, 0.1) is 4.20 Å². The van der Waals surface area contributed by atoms with Gasteiger partial charge in [0.15, 0.2) is 0 Å². The van der Waals surface area contributed by atoms with Gasteiger partial charge in [0.25, 0.3) is 0 Å². The topological polar surface area (TPSA) is 0 Å². The van der Waals surface area contributed by atoms with Crippen LogP contribution in [0.2, 0.25) is 0 Å². The monoisotopic (exact) mass is 194 g/mol. The van der Waals surface area contributed by atoms with Crippen molar-refractivity contribution in [3.05, 3.63) is 48.6 Å². The molecule has 0 aliphatic carbocycles. The molecule has 0 aromatic heterocycles. The summed E-state index contributed by atoms with van der Waals surface area (Å²) in [6.07, 6.45) is 1.71. The van der Waals surface area contributed by atoms with Crippen molar-refractivity contribution in [3.63, 3.8) is 0 Å². The van der Waals surface area contributed by atoms with Crippen LogP contribution in [0.5, 0.6) is 0 Å². The molecule has 0 amide bonds. The van der Waals surface area contributed by atoms with Gasteiger partial charge >= 0.3 is 0 Å². The third kappa shape index (κ3) is 3.20. The molecule has 1 aromatic rings. The van der Waals surface area contributed by atoms with Crippen molar-refractivity contribution < 1.29 is 0 Å². The zero-order chi connectivity index (χ0) is 8.81. The van der Waals surface area contributed by atoms with Gasteiger partial charge < -0.3 is 0 Å². The molecule has 0 fully saturated rings. The average molecular weight is 194 g/mol. The second-order valence-corrected chi connectivity index (χ2v) is 4.01. The Morgan fingerprint density at radius 3 is 2.67 bits per heavy atom. The van der Waals surface area contributed by atoms with Gasteiger partial charge in [-0.15, -0.1) is 11.8 Å². The first-order chi connectivity index (χ1) is 5.83. The molecular weight excluding hydrogens is 184 g/mol. The van der Waals surface area contributed by atoms with Crippen LogP contribution in [0, 0.1) is 0 Å². The lowest BCUT2D eigenvalue weighted by atomic mass is 10.2. The van der Waals surface area contributed by atoms with E-state index in [1.807, 2.05) is 18.2 Å². The van der Waals surface area contributed by atoms with Gasteiger partial charge in [-0.2, -0.15) is 0 Å². The molecular formula is C10H10S2. The fourth-order valence-electron chi connectivity index (χ4n) is 0.788. The van der Waals surface area contributed by atoms with Gasteiger partial charge in [-0.05, 0) is 11.6 Å². The summed E-state index contributed by atoms with van der Waals surface area (Å²) in [6, 6.07) is 10.3. The summed E-state index contributed by atoms with van der Waals surface area (Å²) in [5, 5.41) is 0. The van der Waals surface area contributed by atoms with Crippen molar-refractivity contribution >= 4 is 28.2 Å². The second-order valence-electron chi connectivity index (χ2n) is 2.30. The molecule has 0 unspecified atom stereocenters. The van der Waals surface area contributed by atoms with Gasteiger partial charge in [-0.1, -0.05) is 49.1 Å². The number of hydrogen-bond acceptors (Lipinski definition) is 2. The van der Waals surface area contributed by atoms with Crippen LogP contribution in [0.4, 0.5) is 0 Å². The van der Waals surface area contributed by atoms with E-state index in [9.17, 15) is 0 Å². The largest absolute Gasteiger partial charge is 0.110 e. The Morgan fingerprint density at radius 1 is 1.42 bits per heavy atom. The molecule has 0 aliphatic heterocycles. The molecule has 0 N–H and O–H groups in total. The maximum absolute atomic E-state index is 5.00. The van der Waals surface area contributed by atoms with Crippen LogP contribution in [0.3, 0.4) is 0 Å². The fraction of sp³-hybridized carbons (Fsp3) is 0.100. The molecule has 0 heterocycles. The molecule has 0 radical (unpaired) electrons. The van der Waals surface area contributed by atoms with E-state index in [0.29, 0.717) is 0 Å². The fourth-order valence-corrected chi connectivity index (χ4v) is 1.58. The van der Waals surface area contributed by atoms with E-state index in [-0.39, 0.29) is 0 Å². The van der Waals surface area contributed by atoms with Crippen LogP contribution in [0.25, 0.3) is 0 Å².